The summed E-state index contributed by atoms with van der Waals surface area (Å²) in [5.74, 6) is -2.25. The molecule has 0 fully saturated rings. The van der Waals surface area contributed by atoms with Crippen LogP contribution < -0.4 is 63.3 Å². The van der Waals surface area contributed by atoms with Crippen LogP contribution in [0.2, 0.25) is 0 Å². The molecule has 3 amide bonds. The van der Waals surface area contributed by atoms with Gasteiger partial charge in [0.1, 0.15) is 45.1 Å². The van der Waals surface area contributed by atoms with Crippen molar-refractivity contribution in [1.29, 1.82) is 10.5 Å². The number of fused-ring (bicyclic) bond motifs is 2. The summed E-state index contributed by atoms with van der Waals surface area (Å²) in [5, 5.41) is 62.3. The molecule has 102 heavy (non-hydrogen) atoms. The summed E-state index contributed by atoms with van der Waals surface area (Å²) in [6.45, 7) is 2.90. The van der Waals surface area contributed by atoms with E-state index in [0.29, 0.717) is 84.0 Å². The Balaban J connectivity index is 0.000000233. The van der Waals surface area contributed by atoms with Crippen LogP contribution in [-0.2, 0) is 18.9 Å². The summed E-state index contributed by atoms with van der Waals surface area (Å²) in [4.78, 5) is 115. The van der Waals surface area contributed by atoms with E-state index >= 15 is 0 Å². The first kappa shape index (κ1) is 81.7. The number of hydrogen-bond acceptors (Lipinski definition) is 29. The number of nitrogens with one attached hydrogen (secondary N) is 4. The topological polar surface area (TPSA) is 494 Å². The van der Waals surface area contributed by atoms with E-state index < -0.39 is 23.1 Å². The van der Waals surface area contributed by atoms with Gasteiger partial charge in [-0.2, -0.15) is 10.5 Å². The minimum absolute atomic E-state index is 0. The maximum absolute atomic E-state index is 12.6. The minimum Gasteiger partial charge on any atom is -0.870 e. The molecule has 0 aliphatic rings. The van der Waals surface area contributed by atoms with Gasteiger partial charge in [-0.25, -0.2) is 19.6 Å². The number of aromatic amines is 1. The van der Waals surface area contributed by atoms with Crippen LogP contribution in [0.3, 0.4) is 0 Å². The number of halogens is 1. The van der Waals surface area contributed by atoms with Crippen LogP contribution in [0.25, 0.3) is 52.1 Å². The summed E-state index contributed by atoms with van der Waals surface area (Å²) >= 11 is 18.4. The van der Waals surface area contributed by atoms with Crippen LogP contribution in [0.15, 0.2) is 144 Å². The van der Waals surface area contributed by atoms with E-state index in [1.54, 1.807) is 12.1 Å². The first-order chi connectivity index (χ1) is 47.8. The Morgan fingerprint density at radius 2 is 1.09 bits per heavy atom. The summed E-state index contributed by atoms with van der Waals surface area (Å²) in [7, 11) is 2.81. The molecule has 12 aromatic rings. The number of aryl methyl sites for hydroxylation is 1. The van der Waals surface area contributed by atoms with Crippen molar-refractivity contribution < 1.29 is 63.0 Å². The number of carbonyl (C=O) groups is 7. The van der Waals surface area contributed by atoms with Gasteiger partial charge in [-0.3, -0.25) is 54.1 Å². The van der Waals surface area contributed by atoms with Crippen molar-refractivity contribution in [2.75, 3.05) is 32.7 Å². The minimum atomic E-state index is -1.11. The number of pyridine rings is 3. The number of thiocarbonyl (C=S) groups is 1. The van der Waals surface area contributed by atoms with Crippen molar-refractivity contribution in [3.8, 4) is 43.9 Å². The fraction of sp³-hybridized carbons (Fsp3) is 0.0952. The zero-order valence-electron chi connectivity index (χ0n) is 53.6. The fourth-order valence-corrected chi connectivity index (χ4v) is 12.3. The zero-order chi connectivity index (χ0) is 72.7. The second-order valence-electron chi connectivity index (χ2n) is 19.7. The molecule has 39 heteroatoms. The largest absolute Gasteiger partial charge is 1.00 e. The molecule has 0 unspecified atom stereocenters. The van der Waals surface area contributed by atoms with Crippen molar-refractivity contribution in [1.82, 2.24) is 54.7 Å². The van der Waals surface area contributed by atoms with Gasteiger partial charge >= 0.3 is 30.5 Å². The van der Waals surface area contributed by atoms with E-state index in [4.69, 9.17) is 45.0 Å². The fourth-order valence-electron chi connectivity index (χ4n) is 7.79. The van der Waals surface area contributed by atoms with Crippen LogP contribution in [0, 0.1) is 27.3 Å². The molecule has 514 valence electrons. The van der Waals surface area contributed by atoms with Crippen molar-refractivity contribution in [2.24, 2.45) is 19.8 Å². The van der Waals surface area contributed by atoms with Gasteiger partial charge in [0.05, 0.1) is 50.9 Å². The monoisotopic (exact) mass is 1560 g/mol. The number of Topliss-reactive ketones (excluding diaryl/α,β-unsaturated/α-hetero) is 2. The predicted octanol–water partition coefficient (Wildman–Crippen LogP) is 7.47. The first-order valence-corrected chi connectivity index (χ1v) is 34.1. The quantitative estimate of drug-likeness (QED) is 0.0172. The van der Waals surface area contributed by atoms with Gasteiger partial charge in [-0.05, 0) is 32.0 Å². The van der Waals surface area contributed by atoms with E-state index in [-0.39, 0.29) is 86.1 Å². The van der Waals surface area contributed by atoms with Gasteiger partial charge in [0.25, 0.3) is 17.4 Å². The first-order valence-electron chi connectivity index (χ1n) is 28.1. The summed E-state index contributed by atoms with van der Waals surface area (Å²) < 4.78 is 2.44. The Bertz CT molecular complexity index is 5140. The van der Waals surface area contributed by atoms with Gasteiger partial charge in [0.15, 0.2) is 17.9 Å². The number of aromatic carboxylic acids is 1. The van der Waals surface area contributed by atoms with Gasteiger partial charge in [0, 0.05) is 77.5 Å². The third-order valence-corrected chi connectivity index (χ3v) is 18.6. The predicted molar refractivity (Wildman–Crippen MR) is 397 cm³/mol. The van der Waals surface area contributed by atoms with Crippen LogP contribution in [0.4, 0.5) is 26.8 Å². The van der Waals surface area contributed by atoms with Crippen LogP contribution in [0.1, 0.15) is 86.6 Å². The molecular weight excluding hydrogens is 1510 g/mol. The van der Waals surface area contributed by atoms with Crippen LogP contribution in [-0.4, -0.2) is 117 Å². The number of carbonyl (C=O) groups excluding carboxylic acids is 6. The molecule has 0 radical (unpaired) electrons. The number of hydrogen-bond donors (Lipinski definition) is 8. The number of H-pyrrole nitrogens is 1. The molecule has 0 spiro atoms. The number of nitriles is 2. The Kier molecular flexibility index (Phi) is 31.3. The average molecular weight is 1560 g/mol. The van der Waals surface area contributed by atoms with E-state index in [2.05, 4.69) is 89.6 Å². The van der Waals surface area contributed by atoms with Crippen molar-refractivity contribution in [2.45, 2.75) is 20.3 Å². The number of nitrogen functional groups attached to an aromatic ring is 2. The summed E-state index contributed by atoms with van der Waals surface area (Å²) in [6, 6.07) is 37.1. The molecule has 0 aliphatic heterocycles. The maximum Gasteiger partial charge on any atom is 1.00 e. The number of nitrogens with zero attached hydrogens (tertiary/aromatic N) is 12. The molecule has 12 rings (SSSR count). The number of alkyl halides is 1. The number of benzene rings is 3. The Morgan fingerprint density at radius 1 is 0.667 bits per heavy atom. The third-order valence-electron chi connectivity index (χ3n) is 12.7. The van der Waals surface area contributed by atoms with Gasteiger partial charge < -0.3 is 37.3 Å². The van der Waals surface area contributed by atoms with Crippen LogP contribution >= 0.6 is 97.0 Å². The molecule has 9 aromatic heterocycles. The number of aldehydes is 1. The maximum atomic E-state index is 12.6. The molecule has 9 heterocycles. The SMILES string of the molecule is CC(=O)c1c[nH]c(=S)c(C#N)c1.CC(=O)c1cnc2sc(C(=O)Nc3nnc(-c4ccccc4)s3)c(N)c2c1.Cn1cc(C=O)c(=O)n(C)c1=O.N#CCC(N)=S.Nc1c(C(=O)Nc2nnc(-c3ccccc3)s2)sc2ncc(C(=O)O)cc12.O=C(CBr)Nc1nnc(-c2ccccc2)s1.[Li+].[OH-]. The zero-order valence-corrected chi connectivity index (χ0v) is 60.9. The normalized spacial score (nSPS) is 9.91. The molecule has 0 bridgehead atoms. The van der Waals surface area contributed by atoms with Crippen molar-refractivity contribution >= 4 is 191 Å². The molecule has 3 aromatic carbocycles. The number of ketones is 2. The summed E-state index contributed by atoms with van der Waals surface area (Å²) in [6.07, 6.45) is 6.07. The third kappa shape index (κ3) is 22.3. The second-order valence-corrected chi connectivity index (χ2v) is 26.1. The van der Waals surface area contributed by atoms with Crippen molar-refractivity contribution in [3.05, 3.63) is 197 Å². The van der Waals surface area contributed by atoms with Gasteiger partial charge in [-0.1, -0.05) is 165 Å². The number of rotatable bonds is 14. The number of carboxylic acids is 1. The molecule has 30 nitrogen and oxygen atoms in total. The number of thiophene rings is 2. The molecule has 12 N–H and O–H groups in total. The van der Waals surface area contributed by atoms with Crippen LogP contribution in [0.5, 0.6) is 0 Å². The number of amides is 3. The molecule has 0 saturated carbocycles. The number of anilines is 5. The number of aromatic nitrogens is 11. The number of nitrogens with two attached hydrogens (primary N) is 3. The Labute approximate surface area is 627 Å². The smallest absolute Gasteiger partial charge is 0.870 e. The number of carboxylic acid groups (broad SMARTS) is 1. The Morgan fingerprint density at radius 3 is 1.46 bits per heavy atom. The van der Waals surface area contributed by atoms with Gasteiger partial charge in [-0.15, -0.1) is 53.3 Å². The molecule has 0 atom stereocenters. The second kappa shape index (κ2) is 39.1. The summed E-state index contributed by atoms with van der Waals surface area (Å²) in [5.41, 5.74) is 20.7. The van der Waals surface area contributed by atoms with E-state index in [9.17, 15) is 43.2 Å². The molecule has 0 saturated heterocycles. The van der Waals surface area contributed by atoms with Crippen molar-refractivity contribution in [3.63, 3.8) is 0 Å². The van der Waals surface area contributed by atoms with Gasteiger partial charge in [0.2, 0.25) is 21.3 Å². The Hall–Kier alpha value is -11.0. The van der Waals surface area contributed by atoms with E-state index in [1.807, 2.05) is 97.1 Å². The van der Waals surface area contributed by atoms with E-state index in [1.165, 1.54) is 115 Å². The van der Waals surface area contributed by atoms with E-state index in [0.717, 1.165) is 37.6 Å². The standard InChI is InChI=1S/C18H13N5O2S2.C17H11N5O3S2.C10H8BrN3OS.C8H6N2OS.C7H8N2O3.C3H4N2S.Li.H2O/c1-9(24)11-7-12-13(19)14(26-17(12)20-8-11)15(25)21-18-23-22-16(27-18)10-5-3-2-4-6-10;18-11-10-6-9(16(24)25)7-19-15(10)26-12(11)13(23)20-17-22-21-14(27-17)8-4-2-1-3-5-8;11-6-8(15)12-10-14-13-9(16-10)7-4-2-1-3-5-7;1-5(11)7-2-6(3-9)8(12)10-4-7;1-8-3-5(4-10)6(11)9(2)7(8)12;4-2-1-3(5)6;;/h2-8H,19H2,1H3,(H,21,23,25);1-7H,18H2,(H,24,25)(H,20,22,23);1-5H,6H2,(H,12,14,15);2,4H,1H3,(H,10,12);3-4H,1-2H3;1H2,(H2,5,6);;1H2/q;;;;;;+1;/p-1. The average Bonchev–Trinajstić information content (AvgIpc) is 1.64. The molecule has 0 aliphatic carbocycles. The molecular formula is C63H51BrLiN19O11S7.